The standard InChI is InChI=1S/C24H32O6Si/c1-7-11-19-13-15-21(23(17-19)25-5)29-31(27-9-3,28-10-4)30-22-16-14-20(12-8-2)18-24(22)26-6/h7-8,13-18H,1-2,9-12H2,3-6H3. The molecule has 6 nitrogen and oxygen atoms in total. The lowest BCUT2D eigenvalue weighted by atomic mass is 10.1. The Hall–Kier alpha value is -2.74. The summed E-state index contributed by atoms with van der Waals surface area (Å²) in [6.07, 6.45) is 5.11. The van der Waals surface area contributed by atoms with E-state index in [9.17, 15) is 0 Å². The summed E-state index contributed by atoms with van der Waals surface area (Å²) in [7, 11) is -0.465. The van der Waals surface area contributed by atoms with E-state index in [-0.39, 0.29) is 0 Å². The van der Waals surface area contributed by atoms with Gasteiger partial charge in [-0.2, -0.15) is 0 Å². The van der Waals surface area contributed by atoms with Crippen LogP contribution in [0.4, 0.5) is 0 Å². The lowest BCUT2D eigenvalue weighted by molar-refractivity contribution is 0.0473. The monoisotopic (exact) mass is 444 g/mol. The Bertz CT molecular complexity index is 796. The van der Waals surface area contributed by atoms with Crippen molar-refractivity contribution >= 4 is 9.05 Å². The highest BCUT2D eigenvalue weighted by Crippen LogP contribution is 2.35. The van der Waals surface area contributed by atoms with Crippen LogP contribution in [0.3, 0.4) is 0 Å². The molecule has 0 spiro atoms. The second-order valence-electron chi connectivity index (χ2n) is 6.53. The van der Waals surface area contributed by atoms with Crippen LogP contribution >= 0.6 is 0 Å². The van der Waals surface area contributed by atoms with Crippen LogP contribution in [0.2, 0.25) is 0 Å². The number of ether oxygens (including phenoxy) is 2. The molecule has 0 unspecified atom stereocenters. The van der Waals surface area contributed by atoms with E-state index in [1.165, 1.54) is 0 Å². The van der Waals surface area contributed by atoms with E-state index in [1.54, 1.807) is 14.2 Å². The highest BCUT2D eigenvalue weighted by molar-refractivity contribution is 6.55. The summed E-state index contributed by atoms with van der Waals surface area (Å²) in [6, 6.07) is 11.3. The SMILES string of the molecule is C=CCc1ccc(O[Si](OCC)(OCC)Oc2ccc(CC=C)cc2OC)c(OC)c1. The molecule has 0 bridgehead atoms. The van der Waals surface area contributed by atoms with Crippen LogP contribution in [0.1, 0.15) is 25.0 Å². The molecule has 2 aromatic rings. The predicted octanol–water partition coefficient (Wildman–Crippen LogP) is 5.13. The first kappa shape index (κ1) is 24.5. The van der Waals surface area contributed by atoms with Crippen molar-refractivity contribution in [3.8, 4) is 23.0 Å². The minimum atomic E-state index is -3.64. The molecule has 7 heteroatoms. The minimum absolute atomic E-state index is 0.347. The summed E-state index contributed by atoms with van der Waals surface area (Å²) < 4.78 is 35.5. The highest BCUT2D eigenvalue weighted by Gasteiger charge is 2.52. The number of rotatable bonds is 14. The van der Waals surface area contributed by atoms with E-state index in [2.05, 4.69) is 13.2 Å². The molecular formula is C24H32O6Si. The molecule has 2 rings (SSSR count). The van der Waals surface area contributed by atoms with Crippen LogP contribution < -0.4 is 18.3 Å². The minimum Gasteiger partial charge on any atom is -0.493 e. The molecule has 0 saturated carbocycles. The van der Waals surface area contributed by atoms with Crippen LogP contribution in [0.15, 0.2) is 61.7 Å². The molecular weight excluding hydrogens is 412 g/mol. The van der Waals surface area contributed by atoms with Gasteiger partial charge >= 0.3 is 9.05 Å². The molecule has 0 atom stereocenters. The van der Waals surface area contributed by atoms with E-state index in [0.717, 1.165) is 24.0 Å². The topological polar surface area (TPSA) is 55.4 Å². The average Bonchev–Trinajstić information content (AvgIpc) is 2.76. The molecule has 0 aliphatic heterocycles. The normalized spacial score (nSPS) is 11.0. The van der Waals surface area contributed by atoms with Crippen molar-refractivity contribution in [3.05, 3.63) is 72.8 Å². The van der Waals surface area contributed by atoms with Gasteiger partial charge in [-0.15, -0.1) is 13.2 Å². The van der Waals surface area contributed by atoms with Gasteiger partial charge in [-0.3, -0.25) is 0 Å². The molecule has 0 N–H and O–H groups in total. The summed E-state index contributed by atoms with van der Waals surface area (Å²) in [5.41, 5.74) is 2.11. The smallest absolute Gasteiger partial charge is 0.493 e. The van der Waals surface area contributed by atoms with Gasteiger partial charge in [0.1, 0.15) is 0 Å². The first-order valence-corrected chi connectivity index (χ1v) is 11.9. The van der Waals surface area contributed by atoms with Crippen LogP contribution in [-0.2, 0) is 21.7 Å². The molecule has 0 aliphatic carbocycles. The van der Waals surface area contributed by atoms with E-state index in [0.29, 0.717) is 36.2 Å². The van der Waals surface area contributed by atoms with Gasteiger partial charge in [0.25, 0.3) is 0 Å². The van der Waals surface area contributed by atoms with Crippen molar-refractivity contribution in [1.82, 2.24) is 0 Å². The third kappa shape index (κ3) is 6.62. The summed E-state index contributed by atoms with van der Waals surface area (Å²) >= 11 is 0. The molecule has 0 aliphatic rings. The Kier molecular flexibility index (Phi) is 9.65. The van der Waals surface area contributed by atoms with Crippen LogP contribution in [0.25, 0.3) is 0 Å². The Labute approximate surface area is 186 Å². The quantitative estimate of drug-likeness (QED) is 0.298. The van der Waals surface area contributed by atoms with Crippen molar-refractivity contribution < 1.29 is 27.2 Å². The molecule has 2 aromatic carbocycles. The highest BCUT2D eigenvalue weighted by atomic mass is 28.4. The van der Waals surface area contributed by atoms with Gasteiger partial charge in [-0.05, 0) is 62.1 Å². The first-order chi connectivity index (χ1) is 15.0. The maximum absolute atomic E-state index is 6.27. The van der Waals surface area contributed by atoms with Crippen LogP contribution in [0, 0.1) is 0 Å². The van der Waals surface area contributed by atoms with E-state index >= 15 is 0 Å². The molecule has 0 saturated heterocycles. The zero-order valence-electron chi connectivity index (χ0n) is 18.8. The number of methoxy groups -OCH3 is 2. The zero-order chi connectivity index (χ0) is 22.7. The Morgan fingerprint density at radius 2 is 1.13 bits per heavy atom. The van der Waals surface area contributed by atoms with Crippen molar-refractivity contribution in [3.63, 3.8) is 0 Å². The first-order valence-electron chi connectivity index (χ1n) is 10.3. The number of hydrogen-bond acceptors (Lipinski definition) is 6. The summed E-state index contributed by atoms with van der Waals surface area (Å²) in [5, 5.41) is 0. The summed E-state index contributed by atoms with van der Waals surface area (Å²) in [6.45, 7) is 12.0. The van der Waals surface area contributed by atoms with E-state index in [1.807, 2.05) is 62.4 Å². The number of benzene rings is 2. The Morgan fingerprint density at radius 1 is 0.710 bits per heavy atom. The van der Waals surface area contributed by atoms with Gasteiger partial charge in [0.2, 0.25) is 0 Å². The Morgan fingerprint density at radius 3 is 1.45 bits per heavy atom. The van der Waals surface area contributed by atoms with Gasteiger partial charge in [-0.1, -0.05) is 24.3 Å². The third-order valence-electron chi connectivity index (χ3n) is 4.33. The van der Waals surface area contributed by atoms with Crippen molar-refractivity contribution in [1.29, 1.82) is 0 Å². The van der Waals surface area contributed by atoms with Gasteiger partial charge < -0.3 is 27.2 Å². The number of hydrogen-bond donors (Lipinski definition) is 0. The van der Waals surface area contributed by atoms with Crippen LogP contribution in [-0.4, -0.2) is 36.5 Å². The number of allylic oxidation sites excluding steroid dienone is 2. The Balaban J connectivity index is 2.43. The fraction of sp³-hybridized carbons (Fsp3) is 0.333. The fourth-order valence-corrected chi connectivity index (χ4v) is 4.93. The molecule has 0 radical (unpaired) electrons. The van der Waals surface area contributed by atoms with E-state index < -0.39 is 9.05 Å². The lowest BCUT2D eigenvalue weighted by Gasteiger charge is -2.29. The van der Waals surface area contributed by atoms with Gasteiger partial charge in [0, 0.05) is 13.2 Å². The lowest BCUT2D eigenvalue weighted by Crippen LogP contribution is -2.55. The third-order valence-corrected chi connectivity index (χ3v) is 6.55. The molecule has 0 heterocycles. The largest absolute Gasteiger partial charge is 0.821 e. The maximum Gasteiger partial charge on any atom is 0.821 e. The molecule has 0 amide bonds. The van der Waals surface area contributed by atoms with Gasteiger partial charge in [-0.25, -0.2) is 0 Å². The van der Waals surface area contributed by atoms with Crippen LogP contribution in [0.5, 0.6) is 23.0 Å². The van der Waals surface area contributed by atoms with Gasteiger partial charge in [0.05, 0.1) is 14.2 Å². The van der Waals surface area contributed by atoms with Crippen molar-refractivity contribution in [2.45, 2.75) is 26.7 Å². The molecule has 0 aromatic heterocycles. The average molecular weight is 445 g/mol. The molecule has 31 heavy (non-hydrogen) atoms. The maximum atomic E-state index is 6.27. The second-order valence-corrected chi connectivity index (χ2v) is 8.51. The molecule has 0 fully saturated rings. The zero-order valence-corrected chi connectivity index (χ0v) is 19.8. The predicted molar refractivity (Wildman–Crippen MR) is 124 cm³/mol. The van der Waals surface area contributed by atoms with Crippen molar-refractivity contribution in [2.75, 3.05) is 27.4 Å². The van der Waals surface area contributed by atoms with E-state index in [4.69, 9.17) is 27.2 Å². The van der Waals surface area contributed by atoms with Gasteiger partial charge in [0.15, 0.2) is 23.0 Å². The molecule has 168 valence electrons. The van der Waals surface area contributed by atoms with Crippen molar-refractivity contribution in [2.24, 2.45) is 0 Å². The summed E-state index contributed by atoms with van der Waals surface area (Å²) in [5.74, 6) is 2.08. The fourth-order valence-electron chi connectivity index (χ4n) is 2.98. The summed E-state index contributed by atoms with van der Waals surface area (Å²) in [4.78, 5) is 0. The second kappa shape index (κ2) is 12.2.